The van der Waals surface area contributed by atoms with E-state index in [2.05, 4.69) is 31.7 Å². The van der Waals surface area contributed by atoms with Crippen LogP contribution in [-0.2, 0) is 19.1 Å². The molecular formula is C34H46N8O6S2. The lowest BCUT2D eigenvalue weighted by Crippen LogP contribution is -2.54. The van der Waals surface area contributed by atoms with Gasteiger partial charge in [-0.15, -0.1) is 22.7 Å². The molecule has 0 radical (unpaired) electrons. The van der Waals surface area contributed by atoms with Gasteiger partial charge in [0.25, 0.3) is 0 Å². The second-order valence-electron chi connectivity index (χ2n) is 13.7. The summed E-state index contributed by atoms with van der Waals surface area (Å²) in [4.78, 5) is 67.9. The van der Waals surface area contributed by atoms with Crippen LogP contribution in [0.2, 0.25) is 0 Å². The number of nitrogens with one attached hydrogen (secondary N) is 4. The standard InChI is InChI=1S/C34H46N8O6S2/c1-17(2)25(39-33(45)47-5)31(43)41-11-7-9-23(41)29-35-13-21(37-29)19-15-49-28-20(16-50-27(19)28)22-14-36-30(38-22)24-10-8-12-42(24)32(44)26(18(3)4)40-34(46)48-6/h13,15-18,22-26H,7-12,14H2,1-6H3,(H,35,37)(H,36,38)(H,39,45)(H,40,46)/t22?,23?,24?,25-,26-/m0/s1. The SMILES string of the molecule is COC(=O)N[C@H](C(=O)N1CCCC1C1=NCC(c2csc3c(-c4cnc(C5CCCN5C(=O)[C@@H](NC(=O)OC)C(C)C)[nH]4)csc23)N1)C(C)C. The summed E-state index contributed by atoms with van der Waals surface area (Å²) in [6, 6.07) is -1.76. The number of carbonyl (C=O) groups is 4. The lowest BCUT2D eigenvalue weighted by Gasteiger charge is -2.31. The Morgan fingerprint density at radius 2 is 1.44 bits per heavy atom. The van der Waals surface area contributed by atoms with E-state index in [1.54, 1.807) is 22.7 Å². The van der Waals surface area contributed by atoms with Crippen molar-refractivity contribution in [3.8, 4) is 11.3 Å². The van der Waals surface area contributed by atoms with Crippen LogP contribution in [0.5, 0.6) is 0 Å². The van der Waals surface area contributed by atoms with Crippen LogP contribution in [0.4, 0.5) is 9.59 Å². The van der Waals surface area contributed by atoms with Crippen molar-refractivity contribution in [2.75, 3.05) is 33.9 Å². The highest BCUT2D eigenvalue weighted by molar-refractivity contribution is 7.27. The number of alkyl carbamates (subject to hydrolysis) is 2. The van der Waals surface area contributed by atoms with E-state index in [9.17, 15) is 19.2 Å². The molecule has 0 aromatic carbocycles. The number of ether oxygens (including phenoxy) is 2. The van der Waals surface area contributed by atoms with Crippen molar-refractivity contribution in [1.82, 2.24) is 35.7 Å². The Balaban J connectivity index is 1.15. The fourth-order valence-corrected chi connectivity index (χ4v) is 9.65. The molecule has 3 aliphatic heterocycles. The van der Waals surface area contributed by atoms with Gasteiger partial charge in [-0.2, -0.15) is 0 Å². The van der Waals surface area contributed by atoms with Gasteiger partial charge in [0.1, 0.15) is 23.7 Å². The molecule has 6 rings (SSSR count). The Morgan fingerprint density at radius 3 is 2.04 bits per heavy atom. The average Bonchev–Trinajstić information content (AvgIpc) is 3.94. The summed E-state index contributed by atoms with van der Waals surface area (Å²) in [5.41, 5.74) is 3.13. The fraction of sp³-hybridized carbons (Fsp3) is 0.588. The quantitative estimate of drug-likeness (QED) is 0.231. The van der Waals surface area contributed by atoms with E-state index in [4.69, 9.17) is 19.5 Å². The number of aromatic nitrogens is 2. The number of fused-ring (bicyclic) bond motifs is 1. The molecule has 0 spiro atoms. The van der Waals surface area contributed by atoms with E-state index in [-0.39, 0.29) is 41.8 Å². The monoisotopic (exact) mass is 726 g/mol. The molecule has 3 aromatic rings. The van der Waals surface area contributed by atoms with Gasteiger partial charge in [0.05, 0.1) is 60.2 Å². The smallest absolute Gasteiger partial charge is 0.407 e. The molecule has 0 aliphatic carbocycles. The number of nitrogens with zero attached hydrogens (tertiary/aromatic N) is 4. The number of aliphatic imine (C=N–C) groups is 1. The van der Waals surface area contributed by atoms with E-state index in [1.165, 1.54) is 24.5 Å². The van der Waals surface area contributed by atoms with Crippen molar-refractivity contribution in [3.05, 3.63) is 28.3 Å². The number of hydrogen-bond donors (Lipinski definition) is 4. The molecule has 0 bridgehead atoms. The molecule has 0 saturated carbocycles. The summed E-state index contributed by atoms with van der Waals surface area (Å²) >= 11 is 3.37. The number of amidine groups is 1. The molecular weight excluding hydrogens is 681 g/mol. The molecule has 6 heterocycles. The maximum Gasteiger partial charge on any atom is 0.407 e. The van der Waals surface area contributed by atoms with Gasteiger partial charge in [-0.25, -0.2) is 14.6 Å². The second kappa shape index (κ2) is 15.0. The normalized spacial score (nSPS) is 21.8. The number of amides is 4. The number of H-pyrrole nitrogens is 1. The van der Waals surface area contributed by atoms with Gasteiger partial charge < -0.3 is 40.2 Å². The topological polar surface area (TPSA) is 170 Å². The van der Waals surface area contributed by atoms with Crippen LogP contribution in [0.1, 0.15) is 76.8 Å². The molecule has 50 heavy (non-hydrogen) atoms. The number of likely N-dealkylation sites (tertiary alicyclic amines) is 2. The molecule has 2 saturated heterocycles. The summed E-state index contributed by atoms with van der Waals surface area (Å²) in [5.74, 6) is 1.08. The van der Waals surface area contributed by atoms with Crippen molar-refractivity contribution in [1.29, 1.82) is 0 Å². The van der Waals surface area contributed by atoms with Crippen molar-refractivity contribution in [3.63, 3.8) is 0 Å². The van der Waals surface area contributed by atoms with Crippen LogP contribution in [0.25, 0.3) is 20.7 Å². The largest absolute Gasteiger partial charge is 0.453 e. The molecule has 270 valence electrons. The van der Waals surface area contributed by atoms with Gasteiger partial charge in [0, 0.05) is 29.6 Å². The first-order valence-electron chi connectivity index (χ1n) is 17.2. The molecule has 3 aliphatic rings. The molecule has 5 atom stereocenters. The number of thiophene rings is 2. The highest BCUT2D eigenvalue weighted by Gasteiger charge is 2.40. The summed E-state index contributed by atoms with van der Waals surface area (Å²) in [5, 5.41) is 13.4. The summed E-state index contributed by atoms with van der Waals surface area (Å²) in [6.07, 6.45) is 3.90. The number of imidazole rings is 1. The Kier molecular flexibility index (Phi) is 10.7. The fourth-order valence-electron chi connectivity index (χ4n) is 7.13. The molecule has 2 fully saturated rings. The van der Waals surface area contributed by atoms with Gasteiger partial charge in [-0.3, -0.25) is 14.6 Å². The zero-order valence-electron chi connectivity index (χ0n) is 29.3. The third kappa shape index (κ3) is 6.91. The number of hydrogen-bond acceptors (Lipinski definition) is 11. The van der Waals surface area contributed by atoms with E-state index >= 15 is 0 Å². The summed E-state index contributed by atoms with van der Waals surface area (Å²) in [6.45, 7) is 9.40. The van der Waals surface area contributed by atoms with Crippen LogP contribution in [0.3, 0.4) is 0 Å². The van der Waals surface area contributed by atoms with E-state index in [0.717, 1.165) is 53.3 Å². The first-order valence-corrected chi connectivity index (χ1v) is 18.9. The van der Waals surface area contributed by atoms with Crippen LogP contribution in [0, 0.1) is 11.8 Å². The lowest BCUT2D eigenvalue weighted by atomic mass is 10.0. The zero-order chi connectivity index (χ0) is 35.7. The minimum Gasteiger partial charge on any atom is -0.453 e. The van der Waals surface area contributed by atoms with Crippen molar-refractivity contribution >= 4 is 61.9 Å². The number of methoxy groups -OCH3 is 2. The van der Waals surface area contributed by atoms with Gasteiger partial charge in [0.15, 0.2) is 0 Å². The Hall–Kier alpha value is -4.18. The van der Waals surface area contributed by atoms with Crippen molar-refractivity contribution < 1.29 is 28.7 Å². The first kappa shape index (κ1) is 35.6. The van der Waals surface area contributed by atoms with E-state index in [0.29, 0.717) is 19.6 Å². The van der Waals surface area contributed by atoms with Gasteiger partial charge in [0.2, 0.25) is 11.8 Å². The maximum absolute atomic E-state index is 13.6. The molecule has 14 nitrogen and oxygen atoms in total. The molecule has 16 heteroatoms. The molecule has 4 N–H and O–H groups in total. The predicted octanol–water partition coefficient (Wildman–Crippen LogP) is 4.81. The summed E-state index contributed by atoms with van der Waals surface area (Å²) in [7, 11) is 2.58. The Morgan fingerprint density at radius 1 is 0.860 bits per heavy atom. The van der Waals surface area contributed by atoms with Crippen molar-refractivity contribution in [2.45, 2.75) is 83.6 Å². The summed E-state index contributed by atoms with van der Waals surface area (Å²) < 4.78 is 11.9. The zero-order valence-corrected chi connectivity index (χ0v) is 30.9. The Labute approximate surface area is 299 Å². The maximum atomic E-state index is 13.6. The lowest BCUT2D eigenvalue weighted by molar-refractivity contribution is -0.135. The number of rotatable bonds is 10. The average molecular weight is 727 g/mol. The van der Waals surface area contributed by atoms with Crippen LogP contribution in [0.15, 0.2) is 21.9 Å². The molecule has 4 amide bonds. The van der Waals surface area contributed by atoms with E-state index in [1.807, 2.05) is 43.7 Å². The third-order valence-corrected chi connectivity index (χ3v) is 12.0. The third-order valence-electron chi connectivity index (χ3n) is 9.82. The highest BCUT2D eigenvalue weighted by Crippen LogP contribution is 2.43. The van der Waals surface area contributed by atoms with E-state index < -0.39 is 24.3 Å². The highest BCUT2D eigenvalue weighted by atomic mass is 32.1. The second-order valence-corrected chi connectivity index (χ2v) is 15.5. The predicted molar refractivity (Wildman–Crippen MR) is 192 cm³/mol. The van der Waals surface area contributed by atoms with Crippen LogP contribution < -0.4 is 16.0 Å². The van der Waals surface area contributed by atoms with Gasteiger partial charge >= 0.3 is 12.2 Å². The van der Waals surface area contributed by atoms with Crippen LogP contribution >= 0.6 is 22.7 Å². The molecule has 3 aromatic heterocycles. The number of aromatic amines is 1. The Bertz CT molecular complexity index is 1760. The van der Waals surface area contributed by atoms with Gasteiger partial charge in [-0.1, -0.05) is 27.7 Å². The van der Waals surface area contributed by atoms with Crippen molar-refractivity contribution in [2.24, 2.45) is 16.8 Å². The minimum absolute atomic E-state index is 0.0141. The van der Waals surface area contributed by atoms with Gasteiger partial charge in [-0.05, 0) is 42.9 Å². The first-order chi connectivity index (χ1) is 24.0. The molecule has 3 unspecified atom stereocenters. The minimum atomic E-state index is -0.690. The van der Waals surface area contributed by atoms with Crippen LogP contribution in [-0.4, -0.2) is 102 Å². The number of carbonyl (C=O) groups excluding carboxylic acids is 4.